The van der Waals surface area contributed by atoms with Crippen LogP contribution in [0.25, 0.3) is 11.0 Å². The summed E-state index contributed by atoms with van der Waals surface area (Å²) in [7, 11) is 0. The van der Waals surface area contributed by atoms with Crippen molar-refractivity contribution >= 4 is 17.0 Å². The summed E-state index contributed by atoms with van der Waals surface area (Å²) in [6.45, 7) is 4.05. The maximum atomic E-state index is 13.0. The lowest BCUT2D eigenvalue weighted by atomic mass is 10.1. The summed E-state index contributed by atoms with van der Waals surface area (Å²) in [5.74, 6) is 0.540. The monoisotopic (exact) mass is 237 g/mol. The molecule has 0 amide bonds. The van der Waals surface area contributed by atoms with Gasteiger partial charge in [0, 0.05) is 0 Å². The lowest BCUT2D eigenvalue weighted by molar-refractivity contribution is 0.249. The van der Waals surface area contributed by atoms with Gasteiger partial charge in [-0.3, -0.25) is 0 Å². The Morgan fingerprint density at radius 3 is 2.88 bits per heavy atom. The van der Waals surface area contributed by atoms with Gasteiger partial charge in [-0.25, -0.2) is 9.37 Å². The van der Waals surface area contributed by atoms with Gasteiger partial charge in [-0.05, 0) is 24.1 Å². The Bertz CT molecular complexity index is 509. The number of H-pyrrole nitrogens is 1. The highest BCUT2D eigenvalue weighted by Crippen LogP contribution is 2.17. The van der Waals surface area contributed by atoms with E-state index in [0.717, 1.165) is 0 Å². The molecule has 2 aromatic rings. The molecule has 1 atom stereocenters. The number of nitrogens with zero attached hydrogens (tertiary/aromatic N) is 1. The molecule has 5 heteroatoms. The number of aromatic amines is 1. The number of aliphatic hydroxyl groups is 1. The Kier molecular flexibility index (Phi) is 3.28. The minimum absolute atomic E-state index is 0.0308. The van der Waals surface area contributed by atoms with Crippen molar-refractivity contribution in [1.29, 1.82) is 0 Å². The highest BCUT2D eigenvalue weighted by Gasteiger charge is 2.13. The summed E-state index contributed by atoms with van der Waals surface area (Å²) >= 11 is 0. The molecule has 0 fully saturated rings. The first kappa shape index (κ1) is 11.9. The average molecular weight is 237 g/mol. The third-order valence-electron chi connectivity index (χ3n) is 2.77. The average Bonchev–Trinajstić information content (AvgIpc) is 2.66. The molecule has 1 aromatic carbocycles. The van der Waals surface area contributed by atoms with Crippen LogP contribution >= 0.6 is 0 Å². The highest BCUT2D eigenvalue weighted by molar-refractivity contribution is 5.77. The normalized spacial score (nSPS) is 13.2. The zero-order valence-corrected chi connectivity index (χ0v) is 9.87. The topological polar surface area (TPSA) is 60.9 Å². The molecule has 1 heterocycles. The SMILES string of the molecule is CC(C)C(CO)Nc1nc2ccc(F)cc2[nH]1. The van der Waals surface area contributed by atoms with E-state index in [2.05, 4.69) is 15.3 Å². The predicted molar refractivity (Wildman–Crippen MR) is 65.4 cm³/mol. The number of anilines is 1. The molecule has 0 aliphatic carbocycles. The fraction of sp³-hybridized carbons (Fsp3) is 0.417. The number of benzene rings is 1. The molecule has 1 aromatic heterocycles. The molecule has 0 bridgehead atoms. The standard InChI is InChI=1S/C12H16FN3O/c1-7(2)11(6-17)16-12-14-9-4-3-8(13)5-10(9)15-12/h3-5,7,11,17H,6H2,1-2H3,(H2,14,15,16). The van der Waals surface area contributed by atoms with Crippen LogP contribution in [-0.2, 0) is 0 Å². The molecular formula is C12H16FN3O. The zero-order valence-electron chi connectivity index (χ0n) is 9.87. The van der Waals surface area contributed by atoms with Crippen molar-refractivity contribution in [3.63, 3.8) is 0 Å². The number of imidazole rings is 1. The van der Waals surface area contributed by atoms with E-state index in [1.807, 2.05) is 13.8 Å². The van der Waals surface area contributed by atoms with Crippen LogP contribution in [0, 0.1) is 11.7 Å². The smallest absolute Gasteiger partial charge is 0.201 e. The number of hydrogen-bond acceptors (Lipinski definition) is 3. The number of aliphatic hydroxyl groups excluding tert-OH is 1. The van der Waals surface area contributed by atoms with Gasteiger partial charge < -0.3 is 15.4 Å². The molecule has 4 nitrogen and oxygen atoms in total. The van der Waals surface area contributed by atoms with Crippen LogP contribution in [0.5, 0.6) is 0 Å². The van der Waals surface area contributed by atoms with Gasteiger partial charge >= 0.3 is 0 Å². The fourth-order valence-corrected chi connectivity index (χ4v) is 1.65. The molecular weight excluding hydrogens is 221 g/mol. The maximum absolute atomic E-state index is 13.0. The first-order valence-corrected chi connectivity index (χ1v) is 5.63. The summed E-state index contributed by atoms with van der Waals surface area (Å²) in [4.78, 5) is 7.26. The van der Waals surface area contributed by atoms with Crippen LogP contribution in [0.2, 0.25) is 0 Å². The maximum Gasteiger partial charge on any atom is 0.201 e. The Morgan fingerprint density at radius 2 is 2.24 bits per heavy atom. The molecule has 1 unspecified atom stereocenters. The van der Waals surface area contributed by atoms with Crippen molar-refractivity contribution in [2.24, 2.45) is 5.92 Å². The van der Waals surface area contributed by atoms with Crippen molar-refractivity contribution in [2.45, 2.75) is 19.9 Å². The fourth-order valence-electron chi connectivity index (χ4n) is 1.65. The van der Waals surface area contributed by atoms with Gasteiger partial charge in [0.05, 0.1) is 23.7 Å². The lowest BCUT2D eigenvalue weighted by Crippen LogP contribution is -2.29. The predicted octanol–water partition coefficient (Wildman–Crippen LogP) is 2.13. The summed E-state index contributed by atoms with van der Waals surface area (Å²) in [5.41, 5.74) is 1.35. The van der Waals surface area contributed by atoms with Gasteiger partial charge in [-0.15, -0.1) is 0 Å². The molecule has 0 saturated heterocycles. The van der Waals surface area contributed by atoms with Gasteiger partial charge in [0.1, 0.15) is 5.82 Å². The molecule has 92 valence electrons. The zero-order chi connectivity index (χ0) is 12.4. The second-order valence-electron chi connectivity index (χ2n) is 4.42. The first-order valence-electron chi connectivity index (χ1n) is 5.63. The molecule has 0 spiro atoms. The van der Waals surface area contributed by atoms with E-state index >= 15 is 0 Å². The van der Waals surface area contributed by atoms with Crippen molar-refractivity contribution in [2.75, 3.05) is 11.9 Å². The van der Waals surface area contributed by atoms with E-state index in [4.69, 9.17) is 0 Å². The number of fused-ring (bicyclic) bond motifs is 1. The van der Waals surface area contributed by atoms with E-state index in [1.165, 1.54) is 12.1 Å². The summed E-state index contributed by atoms with van der Waals surface area (Å²) in [6, 6.07) is 4.33. The van der Waals surface area contributed by atoms with Gasteiger partial charge in [-0.1, -0.05) is 13.8 Å². The number of halogens is 1. The Labute approximate surface area is 98.9 Å². The number of hydrogen-bond donors (Lipinski definition) is 3. The van der Waals surface area contributed by atoms with Gasteiger partial charge in [0.25, 0.3) is 0 Å². The van der Waals surface area contributed by atoms with E-state index in [9.17, 15) is 9.50 Å². The van der Waals surface area contributed by atoms with Crippen LogP contribution in [-0.4, -0.2) is 27.7 Å². The minimum Gasteiger partial charge on any atom is -0.394 e. The van der Waals surface area contributed by atoms with Crippen molar-refractivity contribution < 1.29 is 9.50 Å². The number of aromatic nitrogens is 2. The number of nitrogens with one attached hydrogen (secondary N) is 2. The highest BCUT2D eigenvalue weighted by atomic mass is 19.1. The quantitative estimate of drug-likeness (QED) is 0.763. The van der Waals surface area contributed by atoms with Gasteiger partial charge in [0.15, 0.2) is 0 Å². The van der Waals surface area contributed by atoms with Crippen LogP contribution in [0.3, 0.4) is 0 Å². The third kappa shape index (κ3) is 2.55. The third-order valence-corrected chi connectivity index (χ3v) is 2.77. The first-order chi connectivity index (χ1) is 8.10. The van der Waals surface area contributed by atoms with E-state index in [-0.39, 0.29) is 24.4 Å². The molecule has 0 saturated carbocycles. The van der Waals surface area contributed by atoms with Crippen LogP contribution in [0.15, 0.2) is 18.2 Å². The molecule has 3 N–H and O–H groups in total. The van der Waals surface area contributed by atoms with Crippen molar-refractivity contribution in [3.8, 4) is 0 Å². The van der Waals surface area contributed by atoms with Crippen LogP contribution in [0.4, 0.5) is 10.3 Å². The summed E-state index contributed by atoms with van der Waals surface area (Å²) < 4.78 is 13.0. The van der Waals surface area contributed by atoms with Crippen LogP contribution in [0.1, 0.15) is 13.8 Å². The summed E-state index contributed by atoms with van der Waals surface area (Å²) in [6.07, 6.45) is 0. The Hall–Kier alpha value is -1.62. The second-order valence-corrected chi connectivity index (χ2v) is 4.42. The van der Waals surface area contributed by atoms with E-state index in [0.29, 0.717) is 17.0 Å². The minimum atomic E-state index is -0.296. The summed E-state index contributed by atoms with van der Waals surface area (Å²) in [5, 5.41) is 12.3. The molecule has 2 rings (SSSR count). The largest absolute Gasteiger partial charge is 0.394 e. The number of rotatable bonds is 4. The van der Waals surface area contributed by atoms with Crippen molar-refractivity contribution in [1.82, 2.24) is 9.97 Å². The molecule has 17 heavy (non-hydrogen) atoms. The van der Waals surface area contributed by atoms with Crippen LogP contribution < -0.4 is 5.32 Å². The molecule has 0 radical (unpaired) electrons. The van der Waals surface area contributed by atoms with Gasteiger partial charge in [-0.2, -0.15) is 0 Å². The Morgan fingerprint density at radius 1 is 1.47 bits per heavy atom. The second kappa shape index (κ2) is 4.71. The van der Waals surface area contributed by atoms with Gasteiger partial charge in [0.2, 0.25) is 5.95 Å². The van der Waals surface area contributed by atoms with E-state index < -0.39 is 0 Å². The van der Waals surface area contributed by atoms with Crippen molar-refractivity contribution in [3.05, 3.63) is 24.0 Å². The lowest BCUT2D eigenvalue weighted by Gasteiger charge is -2.18. The molecule has 0 aliphatic heterocycles. The Balaban J connectivity index is 2.24. The van der Waals surface area contributed by atoms with E-state index in [1.54, 1.807) is 6.07 Å². The molecule has 0 aliphatic rings.